The number of amides is 4. The number of rotatable bonds is 6. The Hall–Kier alpha value is -3.43. The van der Waals surface area contributed by atoms with Crippen molar-refractivity contribution in [1.82, 2.24) is 10.2 Å². The lowest BCUT2D eigenvalue weighted by Gasteiger charge is -2.29. The van der Waals surface area contributed by atoms with Crippen LogP contribution < -0.4 is 21.1 Å². The van der Waals surface area contributed by atoms with Gasteiger partial charge in [0.25, 0.3) is 0 Å². The Morgan fingerprint density at radius 2 is 1.88 bits per heavy atom. The van der Waals surface area contributed by atoms with Gasteiger partial charge in [0.05, 0.1) is 25.5 Å². The van der Waals surface area contributed by atoms with E-state index in [2.05, 4.69) is 10.6 Å². The molecule has 0 bridgehead atoms. The summed E-state index contributed by atoms with van der Waals surface area (Å²) < 4.78 is 5.17. The van der Waals surface area contributed by atoms with Gasteiger partial charge < -0.3 is 15.8 Å². The molecular weight excluding hydrogens is 460 g/mol. The number of nitrogens with zero attached hydrogens (tertiary/aromatic N) is 1. The maximum absolute atomic E-state index is 13.7. The van der Waals surface area contributed by atoms with Crippen LogP contribution >= 0.6 is 11.6 Å². The van der Waals surface area contributed by atoms with Crippen LogP contribution in [0, 0.1) is 11.8 Å². The molecule has 4 amide bonds. The van der Waals surface area contributed by atoms with E-state index in [-0.39, 0.29) is 25.3 Å². The number of hydrogen-bond acceptors (Lipinski definition) is 6. The number of imide groups is 1. The smallest absolute Gasteiger partial charge is 0.250 e. The van der Waals surface area contributed by atoms with Gasteiger partial charge in [0, 0.05) is 28.7 Å². The predicted molar refractivity (Wildman–Crippen MR) is 123 cm³/mol. The number of methoxy groups -OCH3 is 1. The minimum atomic E-state index is -1.46. The van der Waals surface area contributed by atoms with Crippen molar-refractivity contribution < 1.29 is 23.9 Å². The zero-order chi connectivity index (χ0) is 24.2. The van der Waals surface area contributed by atoms with Crippen LogP contribution in [0.25, 0.3) is 0 Å². The molecule has 9 nitrogen and oxygen atoms in total. The molecule has 1 spiro atoms. The number of carbonyl (C=O) groups is 4. The Bertz CT molecular complexity index is 1220. The van der Waals surface area contributed by atoms with E-state index in [1.54, 1.807) is 49.6 Å². The van der Waals surface area contributed by atoms with Crippen molar-refractivity contribution in [1.29, 1.82) is 0 Å². The number of ether oxygens (including phenoxy) is 1. The van der Waals surface area contributed by atoms with Gasteiger partial charge in [-0.05, 0) is 42.3 Å². The number of halogens is 1. The summed E-state index contributed by atoms with van der Waals surface area (Å²) in [6.45, 7) is 0.0668. The molecule has 4 N–H and O–H groups in total. The first-order valence-corrected chi connectivity index (χ1v) is 11.3. The first-order valence-electron chi connectivity index (χ1n) is 10.9. The van der Waals surface area contributed by atoms with E-state index in [9.17, 15) is 19.2 Å². The van der Waals surface area contributed by atoms with E-state index >= 15 is 0 Å². The van der Waals surface area contributed by atoms with Crippen molar-refractivity contribution in [2.45, 2.75) is 31.0 Å². The summed E-state index contributed by atoms with van der Waals surface area (Å²) >= 11 is 6.24. The number of likely N-dealkylation sites (tertiary alicyclic amines) is 1. The zero-order valence-corrected chi connectivity index (χ0v) is 19.1. The maximum Gasteiger partial charge on any atom is 0.250 e. The molecule has 5 rings (SSSR count). The molecule has 0 aliphatic carbocycles. The number of hydrogen-bond donors (Lipinski definition) is 3. The molecule has 0 saturated carbocycles. The first-order chi connectivity index (χ1) is 16.3. The third kappa shape index (κ3) is 3.26. The summed E-state index contributed by atoms with van der Waals surface area (Å²) in [7, 11) is 1.55. The lowest BCUT2D eigenvalue weighted by Crippen LogP contribution is -2.53. The van der Waals surface area contributed by atoms with Gasteiger partial charge in [-0.2, -0.15) is 0 Å². The van der Waals surface area contributed by atoms with E-state index in [1.807, 2.05) is 0 Å². The number of primary amides is 1. The number of nitrogens with one attached hydrogen (secondary N) is 2. The molecule has 3 heterocycles. The summed E-state index contributed by atoms with van der Waals surface area (Å²) in [4.78, 5) is 53.4. The van der Waals surface area contributed by atoms with Gasteiger partial charge in [-0.15, -0.1) is 0 Å². The van der Waals surface area contributed by atoms with Crippen molar-refractivity contribution in [3.63, 3.8) is 0 Å². The largest absolute Gasteiger partial charge is 0.497 e. The molecule has 4 atom stereocenters. The first kappa shape index (κ1) is 22.4. The number of carbonyl (C=O) groups excluding carboxylic acids is 4. The lowest BCUT2D eigenvalue weighted by molar-refractivity contribution is -0.143. The number of fused-ring (bicyclic) bond motifs is 4. The van der Waals surface area contributed by atoms with Crippen molar-refractivity contribution in [2.24, 2.45) is 17.6 Å². The van der Waals surface area contributed by atoms with Gasteiger partial charge in [-0.25, -0.2) is 0 Å². The fourth-order valence-electron chi connectivity index (χ4n) is 5.45. The van der Waals surface area contributed by atoms with Crippen molar-refractivity contribution in [2.75, 3.05) is 12.4 Å². The number of anilines is 1. The highest BCUT2D eigenvalue weighted by molar-refractivity contribution is 6.31. The lowest BCUT2D eigenvalue weighted by atomic mass is 9.76. The molecule has 34 heavy (non-hydrogen) atoms. The average molecular weight is 483 g/mol. The quantitative estimate of drug-likeness (QED) is 0.535. The molecule has 3 aliphatic rings. The minimum Gasteiger partial charge on any atom is -0.497 e. The summed E-state index contributed by atoms with van der Waals surface area (Å²) in [5.41, 5.74) is 5.69. The summed E-state index contributed by atoms with van der Waals surface area (Å²) in [6, 6.07) is 11.4. The van der Waals surface area contributed by atoms with E-state index < -0.39 is 41.1 Å². The molecule has 2 unspecified atom stereocenters. The third-order valence-corrected chi connectivity index (χ3v) is 7.20. The highest BCUT2D eigenvalue weighted by Crippen LogP contribution is 2.54. The van der Waals surface area contributed by atoms with Crippen LogP contribution in [0.4, 0.5) is 5.69 Å². The Labute approximate surface area is 200 Å². The molecule has 0 aromatic heterocycles. The average Bonchev–Trinajstić information content (AvgIpc) is 3.39. The van der Waals surface area contributed by atoms with Gasteiger partial charge in [0.2, 0.25) is 23.6 Å². The van der Waals surface area contributed by atoms with E-state index in [0.29, 0.717) is 22.0 Å². The van der Waals surface area contributed by atoms with Crippen LogP contribution in [-0.2, 0) is 31.3 Å². The van der Waals surface area contributed by atoms with Crippen LogP contribution in [0.15, 0.2) is 42.5 Å². The van der Waals surface area contributed by atoms with E-state index in [4.69, 9.17) is 22.1 Å². The van der Waals surface area contributed by atoms with Gasteiger partial charge in [0.15, 0.2) is 0 Å². The fourth-order valence-corrected chi connectivity index (χ4v) is 5.62. The fraction of sp³-hybridized carbons (Fsp3) is 0.333. The molecule has 2 saturated heterocycles. The second kappa shape index (κ2) is 8.11. The van der Waals surface area contributed by atoms with Crippen LogP contribution in [0.1, 0.15) is 24.0 Å². The van der Waals surface area contributed by atoms with Crippen molar-refractivity contribution in [3.8, 4) is 5.75 Å². The Morgan fingerprint density at radius 3 is 2.56 bits per heavy atom. The summed E-state index contributed by atoms with van der Waals surface area (Å²) in [5.74, 6) is -2.91. The second-order valence-corrected chi connectivity index (χ2v) is 9.26. The van der Waals surface area contributed by atoms with Crippen LogP contribution in [0.2, 0.25) is 5.02 Å². The predicted octanol–water partition coefficient (Wildman–Crippen LogP) is 1.53. The van der Waals surface area contributed by atoms with Crippen LogP contribution in [-0.4, -0.2) is 41.7 Å². The molecule has 2 aromatic rings. The van der Waals surface area contributed by atoms with E-state index in [1.165, 1.54) is 4.90 Å². The van der Waals surface area contributed by atoms with Gasteiger partial charge in [0.1, 0.15) is 11.3 Å². The van der Waals surface area contributed by atoms with Gasteiger partial charge in [-0.3, -0.25) is 29.4 Å². The van der Waals surface area contributed by atoms with Gasteiger partial charge >= 0.3 is 0 Å². The number of nitrogens with two attached hydrogens (primary N) is 1. The monoisotopic (exact) mass is 482 g/mol. The van der Waals surface area contributed by atoms with E-state index in [0.717, 1.165) is 5.56 Å². The standard InChI is InChI=1S/C24H23ClN4O5/c1-34-14-5-2-12(3-6-14)11-29-21(31)19-17(8-9-18(26)30)28-24(20(19)22(29)32)15-10-13(25)4-7-16(15)27-23(24)33/h2-7,10,17,19-20,28H,8-9,11H2,1H3,(H2,26,30)(H,27,33)/t17?,19-,20+,24?/m1/s1. The number of benzene rings is 2. The van der Waals surface area contributed by atoms with Crippen molar-refractivity contribution in [3.05, 3.63) is 58.6 Å². The molecular formula is C24H23ClN4O5. The summed E-state index contributed by atoms with van der Waals surface area (Å²) in [6.07, 6.45) is 0.234. The molecule has 2 fully saturated rings. The van der Waals surface area contributed by atoms with Crippen LogP contribution in [0.3, 0.4) is 0 Å². The van der Waals surface area contributed by atoms with Gasteiger partial charge in [-0.1, -0.05) is 23.7 Å². The summed E-state index contributed by atoms with van der Waals surface area (Å²) in [5, 5.41) is 6.48. The highest BCUT2D eigenvalue weighted by Gasteiger charge is 2.70. The highest BCUT2D eigenvalue weighted by atomic mass is 35.5. The zero-order valence-electron chi connectivity index (χ0n) is 18.3. The Morgan fingerprint density at radius 1 is 1.15 bits per heavy atom. The van der Waals surface area contributed by atoms with Crippen LogP contribution in [0.5, 0.6) is 5.75 Å². The Kier molecular flexibility index (Phi) is 5.33. The second-order valence-electron chi connectivity index (χ2n) is 8.82. The molecule has 10 heteroatoms. The Balaban J connectivity index is 1.56. The SMILES string of the molecule is COc1ccc(CN2C(=O)[C@@H]3C(CCC(N)=O)NC4(C(=O)Nc5ccc(Cl)cc54)[C@@H]3C2=O)cc1. The topological polar surface area (TPSA) is 131 Å². The molecule has 0 radical (unpaired) electrons. The van der Waals surface area contributed by atoms with Crippen molar-refractivity contribution >= 4 is 40.9 Å². The normalized spacial score (nSPS) is 27.2. The molecule has 2 aromatic carbocycles. The molecule has 3 aliphatic heterocycles. The third-order valence-electron chi connectivity index (χ3n) is 6.97. The minimum absolute atomic E-state index is 0.0148. The maximum atomic E-state index is 13.7. The molecule has 176 valence electrons.